The highest BCUT2D eigenvalue weighted by atomic mass is 16.4. The molecule has 1 aromatic heterocycles. The van der Waals surface area contributed by atoms with E-state index in [1.54, 1.807) is 6.92 Å². The maximum absolute atomic E-state index is 13.3. The Morgan fingerprint density at radius 2 is 1.74 bits per heavy atom. The molecule has 1 unspecified atom stereocenters. The molecule has 3 amide bonds. The molecular formula is C25H26N2O4. The SMILES string of the molecule is CCCc1ccc(C2(C)NC(=O)N(Cc3cc(=O)oc4c(C)c(C)ccc34)C2=O)cc1. The number of fused-ring (bicyclic) bond motifs is 1. The van der Waals surface area contributed by atoms with E-state index in [9.17, 15) is 14.4 Å². The third kappa shape index (κ3) is 3.52. The number of amides is 3. The maximum Gasteiger partial charge on any atom is 0.336 e. The molecule has 2 aromatic carbocycles. The lowest BCUT2D eigenvalue weighted by molar-refractivity contribution is -0.131. The van der Waals surface area contributed by atoms with E-state index in [0.29, 0.717) is 11.1 Å². The molecule has 3 aromatic rings. The topological polar surface area (TPSA) is 79.6 Å². The van der Waals surface area contributed by atoms with Gasteiger partial charge in [0.25, 0.3) is 5.91 Å². The molecule has 1 N–H and O–H groups in total. The summed E-state index contributed by atoms with van der Waals surface area (Å²) in [7, 11) is 0. The predicted octanol–water partition coefficient (Wildman–Crippen LogP) is 4.33. The number of nitrogens with zero attached hydrogens (tertiary/aromatic N) is 1. The summed E-state index contributed by atoms with van der Waals surface area (Å²) in [6, 6.07) is 12.5. The Labute approximate surface area is 180 Å². The van der Waals surface area contributed by atoms with Gasteiger partial charge >= 0.3 is 11.7 Å². The predicted molar refractivity (Wildman–Crippen MR) is 119 cm³/mol. The number of hydrogen-bond donors (Lipinski definition) is 1. The number of carbonyl (C=O) groups excluding carboxylic acids is 2. The van der Waals surface area contributed by atoms with Crippen molar-refractivity contribution in [3.8, 4) is 0 Å². The van der Waals surface area contributed by atoms with E-state index in [1.165, 1.54) is 16.5 Å². The van der Waals surface area contributed by atoms with Gasteiger partial charge in [-0.05, 0) is 55.0 Å². The zero-order valence-corrected chi connectivity index (χ0v) is 18.2. The van der Waals surface area contributed by atoms with Gasteiger partial charge in [0.05, 0.1) is 6.54 Å². The Kier molecular flexibility index (Phi) is 5.17. The fourth-order valence-electron chi connectivity index (χ4n) is 4.16. The van der Waals surface area contributed by atoms with Gasteiger partial charge in [0.15, 0.2) is 0 Å². The molecule has 0 aliphatic carbocycles. The fraction of sp³-hybridized carbons (Fsp3) is 0.320. The van der Waals surface area contributed by atoms with E-state index in [0.717, 1.165) is 34.9 Å². The van der Waals surface area contributed by atoms with Crippen molar-refractivity contribution in [3.63, 3.8) is 0 Å². The van der Waals surface area contributed by atoms with E-state index in [-0.39, 0.29) is 12.5 Å². The fourth-order valence-corrected chi connectivity index (χ4v) is 4.16. The molecule has 0 spiro atoms. The van der Waals surface area contributed by atoms with Crippen molar-refractivity contribution in [2.75, 3.05) is 0 Å². The number of nitrogens with one attached hydrogen (secondary N) is 1. The summed E-state index contributed by atoms with van der Waals surface area (Å²) in [5.74, 6) is -0.342. The first-order valence-corrected chi connectivity index (χ1v) is 10.5. The second kappa shape index (κ2) is 7.69. The third-order valence-corrected chi connectivity index (χ3v) is 6.19. The normalized spacial score (nSPS) is 18.6. The third-order valence-electron chi connectivity index (χ3n) is 6.19. The van der Waals surface area contributed by atoms with Gasteiger partial charge in [-0.3, -0.25) is 9.69 Å². The second-order valence-corrected chi connectivity index (χ2v) is 8.37. The molecule has 1 atom stereocenters. The van der Waals surface area contributed by atoms with Crippen molar-refractivity contribution in [2.24, 2.45) is 0 Å². The Morgan fingerprint density at radius 3 is 2.42 bits per heavy atom. The summed E-state index contributed by atoms with van der Waals surface area (Å²) in [4.78, 5) is 39.5. The van der Waals surface area contributed by atoms with E-state index in [4.69, 9.17) is 4.42 Å². The van der Waals surface area contributed by atoms with E-state index in [1.807, 2.05) is 50.2 Å². The standard InChI is InChI=1S/C25H26N2O4/c1-5-6-17-8-10-19(11-9-17)25(4)23(29)27(24(30)26-25)14-18-13-21(28)31-22-16(3)15(2)7-12-20(18)22/h7-13H,5-6,14H2,1-4H3,(H,26,30). The molecule has 1 saturated heterocycles. The van der Waals surface area contributed by atoms with Crippen LogP contribution in [0.4, 0.5) is 4.79 Å². The molecule has 0 radical (unpaired) electrons. The van der Waals surface area contributed by atoms with Crippen LogP contribution >= 0.6 is 0 Å². The first-order chi connectivity index (χ1) is 14.7. The van der Waals surface area contributed by atoms with Crippen LogP contribution in [-0.2, 0) is 23.3 Å². The summed E-state index contributed by atoms with van der Waals surface area (Å²) in [6.45, 7) is 7.66. The molecule has 4 rings (SSSR count). The minimum Gasteiger partial charge on any atom is -0.422 e. The van der Waals surface area contributed by atoms with E-state index in [2.05, 4.69) is 12.2 Å². The maximum atomic E-state index is 13.3. The Morgan fingerprint density at radius 1 is 1.03 bits per heavy atom. The first kappa shape index (κ1) is 20.8. The van der Waals surface area contributed by atoms with Gasteiger partial charge in [0.2, 0.25) is 0 Å². The van der Waals surface area contributed by atoms with Crippen LogP contribution in [0.1, 0.15) is 48.1 Å². The minimum absolute atomic E-state index is 0.00121. The van der Waals surface area contributed by atoms with Crippen molar-refractivity contribution in [1.29, 1.82) is 0 Å². The summed E-state index contributed by atoms with van der Waals surface area (Å²) in [6.07, 6.45) is 2.00. The second-order valence-electron chi connectivity index (χ2n) is 8.37. The lowest BCUT2D eigenvalue weighted by Crippen LogP contribution is -2.40. The Balaban J connectivity index is 1.69. The van der Waals surface area contributed by atoms with E-state index < -0.39 is 17.2 Å². The van der Waals surface area contributed by atoms with Gasteiger partial charge in [-0.15, -0.1) is 0 Å². The summed E-state index contributed by atoms with van der Waals surface area (Å²) >= 11 is 0. The number of urea groups is 1. The average molecular weight is 418 g/mol. The summed E-state index contributed by atoms with van der Waals surface area (Å²) < 4.78 is 5.41. The van der Waals surface area contributed by atoms with Gasteiger partial charge in [0, 0.05) is 11.5 Å². The molecule has 2 heterocycles. The van der Waals surface area contributed by atoms with Crippen molar-refractivity contribution >= 4 is 22.9 Å². The molecule has 1 aliphatic rings. The summed E-state index contributed by atoms with van der Waals surface area (Å²) in [5.41, 5.74) is 3.21. The molecule has 6 nitrogen and oxygen atoms in total. The first-order valence-electron chi connectivity index (χ1n) is 10.5. The number of carbonyl (C=O) groups is 2. The quantitative estimate of drug-likeness (QED) is 0.494. The van der Waals surface area contributed by atoms with Crippen LogP contribution in [0.25, 0.3) is 11.0 Å². The van der Waals surface area contributed by atoms with Crippen molar-refractivity contribution < 1.29 is 14.0 Å². The van der Waals surface area contributed by atoms with Gasteiger partial charge < -0.3 is 9.73 Å². The Bertz CT molecular complexity index is 1240. The summed E-state index contributed by atoms with van der Waals surface area (Å²) in [5, 5.41) is 3.56. The van der Waals surface area contributed by atoms with Crippen LogP contribution in [0.3, 0.4) is 0 Å². The van der Waals surface area contributed by atoms with Crippen LogP contribution in [0.15, 0.2) is 51.7 Å². The molecular weight excluding hydrogens is 392 g/mol. The number of hydrogen-bond acceptors (Lipinski definition) is 4. The highest BCUT2D eigenvalue weighted by Crippen LogP contribution is 2.31. The van der Waals surface area contributed by atoms with Crippen LogP contribution in [-0.4, -0.2) is 16.8 Å². The highest BCUT2D eigenvalue weighted by molar-refractivity contribution is 6.07. The zero-order chi connectivity index (χ0) is 22.3. The molecule has 1 aliphatic heterocycles. The molecule has 0 bridgehead atoms. The number of imide groups is 1. The largest absolute Gasteiger partial charge is 0.422 e. The molecule has 6 heteroatoms. The van der Waals surface area contributed by atoms with Crippen molar-refractivity contribution in [1.82, 2.24) is 10.2 Å². The molecule has 160 valence electrons. The van der Waals surface area contributed by atoms with Crippen molar-refractivity contribution in [3.05, 3.63) is 80.7 Å². The van der Waals surface area contributed by atoms with Gasteiger partial charge in [0.1, 0.15) is 11.1 Å². The highest BCUT2D eigenvalue weighted by Gasteiger charge is 2.49. The smallest absolute Gasteiger partial charge is 0.336 e. The average Bonchev–Trinajstić information content (AvgIpc) is 2.95. The van der Waals surface area contributed by atoms with Gasteiger partial charge in [-0.25, -0.2) is 9.59 Å². The number of aryl methyl sites for hydroxylation is 3. The monoisotopic (exact) mass is 418 g/mol. The van der Waals surface area contributed by atoms with Crippen LogP contribution in [0, 0.1) is 13.8 Å². The molecule has 1 fully saturated rings. The molecule has 31 heavy (non-hydrogen) atoms. The number of benzene rings is 2. The lowest BCUT2D eigenvalue weighted by atomic mass is 9.91. The van der Waals surface area contributed by atoms with Gasteiger partial charge in [-0.1, -0.05) is 49.7 Å². The minimum atomic E-state index is -1.15. The molecule has 0 saturated carbocycles. The number of rotatable bonds is 5. The van der Waals surface area contributed by atoms with Crippen LogP contribution < -0.4 is 10.9 Å². The lowest BCUT2D eigenvalue weighted by Gasteiger charge is -2.22. The van der Waals surface area contributed by atoms with E-state index >= 15 is 0 Å². The van der Waals surface area contributed by atoms with Crippen molar-refractivity contribution in [2.45, 2.75) is 52.6 Å². The zero-order valence-electron chi connectivity index (χ0n) is 18.2. The van der Waals surface area contributed by atoms with Gasteiger partial charge in [-0.2, -0.15) is 0 Å². The Hall–Kier alpha value is -3.41. The van der Waals surface area contributed by atoms with Crippen LogP contribution in [0.2, 0.25) is 0 Å². The van der Waals surface area contributed by atoms with Crippen LogP contribution in [0.5, 0.6) is 0 Å².